The molecule has 0 fully saturated rings. The number of carbonyl (C=O) groups is 1. The number of nitrogens with two attached hydrogens (primary N) is 1. The largest absolute Gasteiger partial charge is 0.393 e. The van der Waals surface area contributed by atoms with Gasteiger partial charge in [-0.15, -0.1) is 0 Å². The van der Waals surface area contributed by atoms with Crippen molar-refractivity contribution in [2.24, 2.45) is 0 Å². The number of nitro groups is 1. The van der Waals surface area contributed by atoms with Gasteiger partial charge in [0, 0.05) is 17.9 Å². The molecule has 130 valence electrons. The van der Waals surface area contributed by atoms with Gasteiger partial charge < -0.3 is 15.2 Å². The lowest BCUT2D eigenvalue weighted by atomic mass is 9.96. The second-order valence-corrected chi connectivity index (χ2v) is 6.09. The van der Waals surface area contributed by atoms with Gasteiger partial charge in [0.15, 0.2) is 0 Å². The maximum atomic E-state index is 12.8. The number of rotatable bonds is 3. The molecule has 1 atom stereocenters. The summed E-state index contributed by atoms with van der Waals surface area (Å²) in [5, 5.41) is 11.0. The molecule has 2 aromatic rings. The first-order valence-electron chi connectivity index (χ1n) is 7.93. The normalized spacial score (nSPS) is 16.4. The van der Waals surface area contributed by atoms with Crippen molar-refractivity contribution in [2.45, 2.75) is 32.4 Å². The van der Waals surface area contributed by atoms with Gasteiger partial charge in [-0.1, -0.05) is 18.2 Å². The Hall–Kier alpha value is -3.16. The van der Waals surface area contributed by atoms with Gasteiger partial charge in [0.1, 0.15) is 12.2 Å². The molecule has 1 aromatic heterocycles. The number of para-hydroxylation sites is 1. The summed E-state index contributed by atoms with van der Waals surface area (Å²) in [5.41, 5.74) is 5.60. The van der Waals surface area contributed by atoms with Gasteiger partial charge >= 0.3 is 11.2 Å². The van der Waals surface area contributed by atoms with E-state index in [0.29, 0.717) is 0 Å². The minimum absolute atomic E-state index is 0.0122. The first kappa shape index (κ1) is 16.7. The quantitative estimate of drug-likeness (QED) is 0.674. The summed E-state index contributed by atoms with van der Waals surface area (Å²) >= 11 is 0. The summed E-state index contributed by atoms with van der Waals surface area (Å²) in [7, 11) is 0. The van der Waals surface area contributed by atoms with E-state index in [9.17, 15) is 19.7 Å². The van der Waals surface area contributed by atoms with Crippen molar-refractivity contribution < 1.29 is 9.72 Å². The summed E-state index contributed by atoms with van der Waals surface area (Å²) in [4.78, 5) is 36.9. The highest BCUT2D eigenvalue weighted by Crippen LogP contribution is 2.30. The number of aromatic nitrogens is 1. The van der Waals surface area contributed by atoms with Crippen molar-refractivity contribution in [3.05, 3.63) is 62.6 Å². The molecule has 0 saturated heterocycles. The predicted octanol–water partition coefficient (Wildman–Crippen LogP) is 1.71. The molecular formula is C17H18N4O4. The molecule has 0 aliphatic carbocycles. The molecule has 25 heavy (non-hydrogen) atoms. The predicted molar refractivity (Wildman–Crippen MR) is 93.5 cm³/mol. The number of fused-ring (bicyclic) bond motifs is 1. The van der Waals surface area contributed by atoms with E-state index >= 15 is 0 Å². The highest BCUT2D eigenvalue weighted by atomic mass is 16.6. The molecule has 0 bridgehead atoms. The number of carbonyl (C=O) groups excluding carboxylic acids is 1. The third-order valence-corrected chi connectivity index (χ3v) is 4.45. The Morgan fingerprint density at radius 2 is 2.08 bits per heavy atom. The molecule has 8 heteroatoms. The molecule has 1 unspecified atom stereocenters. The number of benzene rings is 1. The van der Waals surface area contributed by atoms with E-state index in [1.54, 1.807) is 4.90 Å². The Kier molecular flexibility index (Phi) is 4.26. The van der Waals surface area contributed by atoms with Gasteiger partial charge in [0.25, 0.3) is 0 Å². The molecule has 1 aliphatic heterocycles. The monoisotopic (exact) mass is 342 g/mol. The van der Waals surface area contributed by atoms with Gasteiger partial charge in [0.05, 0.1) is 4.92 Å². The van der Waals surface area contributed by atoms with Crippen molar-refractivity contribution in [3.63, 3.8) is 0 Å². The van der Waals surface area contributed by atoms with Crippen LogP contribution in [-0.4, -0.2) is 21.4 Å². The Bertz CT molecular complexity index is 906. The van der Waals surface area contributed by atoms with Crippen LogP contribution in [0, 0.1) is 10.1 Å². The standard InChI is InChI=1S/C17H18N4O4/c1-11-6-7-12-4-2-3-5-14(12)20(11)15(22)10-19-9-8-13(18)16(17(19)23)21(24)25/h2-5,8-9,11H,6-7,10,18H2,1H3. The molecule has 1 aromatic carbocycles. The molecular weight excluding hydrogens is 324 g/mol. The number of anilines is 2. The SMILES string of the molecule is CC1CCc2ccccc2N1C(=O)Cn1ccc(N)c([N+](=O)[O-])c1=O. The van der Waals surface area contributed by atoms with Crippen LogP contribution in [0.1, 0.15) is 18.9 Å². The lowest BCUT2D eigenvalue weighted by Crippen LogP contribution is -2.44. The van der Waals surface area contributed by atoms with Crippen LogP contribution in [-0.2, 0) is 17.8 Å². The summed E-state index contributed by atoms with van der Waals surface area (Å²) in [6.45, 7) is 1.67. The molecule has 1 aliphatic rings. The molecule has 1 amide bonds. The highest BCUT2D eigenvalue weighted by molar-refractivity contribution is 5.95. The Labute approximate surface area is 143 Å². The maximum absolute atomic E-state index is 12.8. The van der Waals surface area contributed by atoms with Gasteiger partial charge in [-0.25, -0.2) is 0 Å². The molecule has 2 heterocycles. The van der Waals surface area contributed by atoms with Gasteiger partial charge in [-0.2, -0.15) is 0 Å². The minimum atomic E-state index is -0.878. The minimum Gasteiger partial charge on any atom is -0.393 e. The van der Waals surface area contributed by atoms with Gasteiger partial charge in [-0.05, 0) is 37.5 Å². The lowest BCUT2D eigenvalue weighted by Gasteiger charge is -2.35. The van der Waals surface area contributed by atoms with Crippen molar-refractivity contribution in [1.29, 1.82) is 0 Å². The fourth-order valence-corrected chi connectivity index (χ4v) is 3.17. The van der Waals surface area contributed by atoms with Crippen LogP contribution in [0.2, 0.25) is 0 Å². The van der Waals surface area contributed by atoms with Gasteiger partial charge in [0.2, 0.25) is 5.91 Å². The first-order valence-corrected chi connectivity index (χ1v) is 7.93. The fraction of sp³-hybridized carbons (Fsp3) is 0.294. The van der Waals surface area contributed by atoms with Crippen LogP contribution in [0.25, 0.3) is 0 Å². The number of nitrogen functional groups attached to an aromatic ring is 1. The zero-order valence-electron chi connectivity index (χ0n) is 13.7. The number of amides is 1. The second-order valence-electron chi connectivity index (χ2n) is 6.09. The van der Waals surface area contributed by atoms with Crippen LogP contribution < -0.4 is 16.2 Å². The lowest BCUT2D eigenvalue weighted by molar-refractivity contribution is -0.385. The van der Waals surface area contributed by atoms with Crippen molar-refractivity contribution in [1.82, 2.24) is 4.57 Å². The van der Waals surface area contributed by atoms with Crippen LogP contribution in [0.5, 0.6) is 0 Å². The smallest absolute Gasteiger partial charge is 0.356 e. The molecule has 2 N–H and O–H groups in total. The first-order chi connectivity index (χ1) is 11.9. The highest BCUT2D eigenvalue weighted by Gasteiger charge is 2.29. The van der Waals surface area contributed by atoms with E-state index in [0.717, 1.165) is 28.7 Å². The van der Waals surface area contributed by atoms with E-state index in [1.165, 1.54) is 12.3 Å². The zero-order valence-corrected chi connectivity index (χ0v) is 13.7. The molecule has 0 radical (unpaired) electrons. The van der Waals surface area contributed by atoms with E-state index in [1.807, 2.05) is 31.2 Å². The average molecular weight is 342 g/mol. The summed E-state index contributed by atoms with van der Waals surface area (Å²) in [6, 6.07) is 8.88. The van der Waals surface area contributed by atoms with E-state index < -0.39 is 16.2 Å². The number of pyridine rings is 1. The average Bonchev–Trinajstić information content (AvgIpc) is 2.57. The van der Waals surface area contributed by atoms with E-state index in [4.69, 9.17) is 5.73 Å². The van der Waals surface area contributed by atoms with Crippen molar-refractivity contribution in [2.75, 3.05) is 10.6 Å². The van der Waals surface area contributed by atoms with E-state index in [2.05, 4.69) is 0 Å². The molecule has 0 spiro atoms. The topological polar surface area (TPSA) is 111 Å². The zero-order chi connectivity index (χ0) is 18.1. The third-order valence-electron chi connectivity index (χ3n) is 4.45. The van der Waals surface area contributed by atoms with Crippen molar-refractivity contribution >= 4 is 23.0 Å². The Morgan fingerprint density at radius 3 is 2.80 bits per heavy atom. The number of hydrogen-bond acceptors (Lipinski definition) is 5. The molecule has 3 rings (SSSR count). The number of hydrogen-bond donors (Lipinski definition) is 1. The maximum Gasteiger partial charge on any atom is 0.356 e. The summed E-state index contributed by atoms with van der Waals surface area (Å²) in [5.74, 6) is -0.291. The van der Waals surface area contributed by atoms with E-state index in [-0.39, 0.29) is 24.2 Å². The van der Waals surface area contributed by atoms with Crippen LogP contribution in [0.15, 0.2) is 41.3 Å². The fourth-order valence-electron chi connectivity index (χ4n) is 3.17. The Balaban J connectivity index is 1.95. The summed E-state index contributed by atoms with van der Waals surface area (Å²) in [6.07, 6.45) is 3.01. The molecule has 0 saturated carbocycles. The van der Waals surface area contributed by atoms with Crippen LogP contribution >= 0.6 is 0 Å². The van der Waals surface area contributed by atoms with Crippen LogP contribution in [0.4, 0.5) is 17.1 Å². The van der Waals surface area contributed by atoms with Gasteiger partial charge in [-0.3, -0.25) is 19.7 Å². The van der Waals surface area contributed by atoms with Crippen LogP contribution in [0.3, 0.4) is 0 Å². The second kappa shape index (κ2) is 6.39. The van der Waals surface area contributed by atoms with Crippen molar-refractivity contribution in [3.8, 4) is 0 Å². The number of aryl methyl sites for hydroxylation is 1. The Morgan fingerprint density at radius 1 is 1.36 bits per heavy atom. The third kappa shape index (κ3) is 2.98. The molecule has 8 nitrogen and oxygen atoms in total. The number of nitrogens with zero attached hydrogens (tertiary/aromatic N) is 3. The summed E-state index contributed by atoms with van der Waals surface area (Å²) < 4.78 is 1.03.